The van der Waals surface area contributed by atoms with Crippen LogP contribution in [0.3, 0.4) is 0 Å². The Morgan fingerprint density at radius 3 is 2.30 bits per heavy atom. The molecule has 8 heteroatoms. The molecule has 2 N–H and O–H groups in total. The average molecular weight is 474 g/mol. The van der Waals surface area contributed by atoms with E-state index in [2.05, 4.69) is 17.4 Å². The minimum absolute atomic E-state index is 0.0620. The number of ether oxygens (including phenoxy) is 3. The fourth-order valence-corrected chi connectivity index (χ4v) is 4.78. The molecule has 33 heavy (non-hydrogen) atoms. The predicted octanol–water partition coefficient (Wildman–Crippen LogP) is 4.15. The van der Waals surface area contributed by atoms with E-state index in [0.29, 0.717) is 32.0 Å². The Bertz CT molecular complexity index is 876. The molecule has 3 rings (SSSR count). The lowest BCUT2D eigenvalue weighted by molar-refractivity contribution is -0.139. The first-order chi connectivity index (χ1) is 16.1. The van der Waals surface area contributed by atoms with Crippen LogP contribution in [0.5, 0.6) is 0 Å². The van der Waals surface area contributed by atoms with Crippen molar-refractivity contribution in [3.63, 3.8) is 0 Å². The summed E-state index contributed by atoms with van der Waals surface area (Å²) in [5, 5.41) is 12.0. The number of hydrogen-bond donors (Lipinski definition) is 2. The van der Waals surface area contributed by atoms with Crippen LogP contribution in [0, 0.1) is 0 Å². The van der Waals surface area contributed by atoms with Gasteiger partial charge >= 0.3 is 12.1 Å². The highest BCUT2D eigenvalue weighted by Gasteiger charge is 2.29. The minimum Gasteiger partial charge on any atom is -0.480 e. The van der Waals surface area contributed by atoms with Crippen molar-refractivity contribution in [2.75, 3.05) is 45.0 Å². The Labute approximate surface area is 198 Å². The molecule has 178 valence electrons. The molecule has 0 heterocycles. The van der Waals surface area contributed by atoms with Gasteiger partial charge in [0.05, 0.1) is 13.2 Å². The van der Waals surface area contributed by atoms with Gasteiger partial charge in [-0.15, -0.1) is 0 Å². The zero-order valence-electron chi connectivity index (χ0n) is 18.8. The number of benzene rings is 2. The van der Waals surface area contributed by atoms with Crippen molar-refractivity contribution in [3.8, 4) is 11.1 Å². The van der Waals surface area contributed by atoms with Gasteiger partial charge < -0.3 is 24.6 Å². The van der Waals surface area contributed by atoms with Crippen molar-refractivity contribution in [2.24, 2.45) is 0 Å². The Hall–Kier alpha value is -2.55. The molecule has 0 aromatic heterocycles. The largest absolute Gasteiger partial charge is 0.480 e. The Morgan fingerprint density at radius 1 is 1.00 bits per heavy atom. The summed E-state index contributed by atoms with van der Waals surface area (Å²) in [6.07, 6.45) is 0.501. The van der Waals surface area contributed by atoms with Crippen LogP contribution < -0.4 is 5.32 Å². The Kier molecular flexibility index (Phi) is 10.1. The average Bonchev–Trinajstić information content (AvgIpc) is 3.14. The number of methoxy groups -OCH3 is 1. The SMILES string of the molecule is COCCOCCCSCCC(NC(=O)OCC1c2ccccc2-c2ccccc21)C(=O)O. The van der Waals surface area contributed by atoms with Crippen molar-refractivity contribution in [1.82, 2.24) is 5.32 Å². The molecule has 1 aliphatic rings. The number of carbonyl (C=O) groups excluding carboxylic acids is 1. The summed E-state index contributed by atoms with van der Waals surface area (Å²) in [4.78, 5) is 23.9. The first-order valence-corrected chi connectivity index (χ1v) is 12.3. The monoisotopic (exact) mass is 473 g/mol. The van der Waals surface area contributed by atoms with Gasteiger partial charge in [-0.2, -0.15) is 11.8 Å². The third-order valence-corrected chi connectivity index (χ3v) is 6.60. The first-order valence-electron chi connectivity index (χ1n) is 11.1. The molecule has 2 aromatic carbocycles. The molecular weight excluding hydrogens is 442 g/mol. The zero-order valence-corrected chi connectivity index (χ0v) is 19.6. The number of carboxylic acids is 1. The summed E-state index contributed by atoms with van der Waals surface area (Å²) in [5.74, 6) is 0.364. The summed E-state index contributed by atoms with van der Waals surface area (Å²) >= 11 is 1.64. The number of fused-ring (bicyclic) bond motifs is 3. The fourth-order valence-electron chi connectivity index (χ4n) is 3.85. The number of rotatable bonds is 14. The smallest absolute Gasteiger partial charge is 0.407 e. The molecule has 1 unspecified atom stereocenters. The molecule has 0 saturated heterocycles. The van der Waals surface area contributed by atoms with E-state index in [0.717, 1.165) is 34.4 Å². The molecule has 0 bridgehead atoms. The van der Waals surface area contributed by atoms with Crippen molar-refractivity contribution in [2.45, 2.75) is 24.8 Å². The van der Waals surface area contributed by atoms with E-state index >= 15 is 0 Å². The third kappa shape index (κ3) is 7.22. The molecule has 1 aliphatic carbocycles. The molecular formula is C25H31NO6S. The second kappa shape index (κ2) is 13.2. The van der Waals surface area contributed by atoms with Crippen LogP contribution in [0.4, 0.5) is 4.79 Å². The number of hydrogen-bond acceptors (Lipinski definition) is 6. The van der Waals surface area contributed by atoms with E-state index in [1.165, 1.54) is 0 Å². The van der Waals surface area contributed by atoms with Crippen LogP contribution in [0.25, 0.3) is 11.1 Å². The molecule has 7 nitrogen and oxygen atoms in total. The molecule has 1 amide bonds. The van der Waals surface area contributed by atoms with Crippen LogP contribution in [-0.4, -0.2) is 68.3 Å². The summed E-state index contributed by atoms with van der Waals surface area (Å²) in [5.41, 5.74) is 4.52. The highest BCUT2D eigenvalue weighted by atomic mass is 32.2. The maximum atomic E-state index is 12.4. The molecule has 0 spiro atoms. The van der Waals surface area contributed by atoms with Gasteiger partial charge in [0.1, 0.15) is 12.6 Å². The lowest BCUT2D eigenvalue weighted by atomic mass is 9.98. The lowest BCUT2D eigenvalue weighted by Crippen LogP contribution is -2.41. The van der Waals surface area contributed by atoms with Crippen molar-refractivity contribution < 1.29 is 28.9 Å². The van der Waals surface area contributed by atoms with Crippen LogP contribution in [0.2, 0.25) is 0 Å². The number of aliphatic carboxylic acids is 1. The van der Waals surface area contributed by atoms with Gasteiger partial charge in [0.15, 0.2) is 0 Å². The van der Waals surface area contributed by atoms with Gasteiger partial charge in [-0.05, 0) is 46.6 Å². The standard InChI is InChI=1S/C25H31NO6S/c1-30-13-14-31-12-6-15-33-16-11-23(24(27)28)26-25(29)32-17-22-20-9-4-2-7-18(20)19-8-3-5-10-21(19)22/h2-5,7-10,22-23H,6,11-17H2,1H3,(H,26,29)(H,27,28). The van der Waals surface area contributed by atoms with Gasteiger partial charge in [-0.25, -0.2) is 9.59 Å². The first kappa shape index (κ1) is 25.1. The van der Waals surface area contributed by atoms with Crippen LogP contribution in [0.15, 0.2) is 48.5 Å². The third-order valence-electron chi connectivity index (χ3n) is 5.49. The second-order valence-electron chi connectivity index (χ2n) is 7.72. The summed E-state index contributed by atoms with van der Waals surface area (Å²) in [6, 6.07) is 15.2. The van der Waals surface area contributed by atoms with Crippen molar-refractivity contribution >= 4 is 23.8 Å². The highest BCUT2D eigenvalue weighted by Crippen LogP contribution is 2.44. The van der Waals surface area contributed by atoms with E-state index in [9.17, 15) is 14.7 Å². The molecule has 2 aromatic rings. The fraction of sp³-hybridized carbons (Fsp3) is 0.440. The van der Waals surface area contributed by atoms with Crippen molar-refractivity contribution in [3.05, 3.63) is 59.7 Å². The van der Waals surface area contributed by atoms with Gasteiger partial charge in [-0.1, -0.05) is 48.5 Å². The second-order valence-corrected chi connectivity index (χ2v) is 8.95. The molecule has 0 fully saturated rings. The number of amides is 1. The number of thioether (sulfide) groups is 1. The van der Waals surface area contributed by atoms with E-state index in [-0.39, 0.29) is 12.5 Å². The Balaban J connectivity index is 1.42. The van der Waals surface area contributed by atoms with Gasteiger partial charge in [0.2, 0.25) is 0 Å². The quantitative estimate of drug-likeness (QED) is 0.398. The van der Waals surface area contributed by atoms with E-state index in [1.54, 1.807) is 18.9 Å². The number of nitrogens with one attached hydrogen (secondary N) is 1. The topological polar surface area (TPSA) is 94.1 Å². The van der Waals surface area contributed by atoms with E-state index < -0.39 is 18.1 Å². The van der Waals surface area contributed by atoms with Gasteiger partial charge in [0, 0.05) is 19.6 Å². The predicted molar refractivity (Wildman–Crippen MR) is 129 cm³/mol. The normalized spacial score (nSPS) is 13.2. The molecule has 0 radical (unpaired) electrons. The van der Waals surface area contributed by atoms with Crippen LogP contribution >= 0.6 is 11.8 Å². The van der Waals surface area contributed by atoms with Gasteiger partial charge in [-0.3, -0.25) is 0 Å². The number of carboxylic acid groups (broad SMARTS) is 1. The van der Waals surface area contributed by atoms with E-state index in [4.69, 9.17) is 14.2 Å². The van der Waals surface area contributed by atoms with Crippen LogP contribution in [0.1, 0.15) is 29.9 Å². The molecule has 0 saturated carbocycles. The van der Waals surface area contributed by atoms with Crippen molar-refractivity contribution in [1.29, 1.82) is 0 Å². The summed E-state index contributed by atoms with van der Waals surface area (Å²) < 4.78 is 15.8. The number of alkyl carbamates (subject to hydrolysis) is 1. The zero-order chi connectivity index (χ0) is 23.5. The lowest BCUT2D eigenvalue weighted by Gasteiger charge is -2.17. The minimum atomic E-state index is -1.06. The number of carbonyl (C=O) groups is 2. The Morgan fingerprint density at radius 2 is 1.67 bits per heavy atom. The summed E-state index contributed by atoms with van der Waals surface area (Å²) in [6.45, 7) is 1.96. The maximum Gasteiger partial charge on any atom is 0.407 e. The van der Waals surface area contributed by atoms with E-state index in [1.807, 2.05) is 36.4 Å². The van der Waals surface area contributed by atoms with Crippen LogP contribution in [-0.2, 0) is 19.0 Å². The maximum absolute atomic E-state index is 12.4. The van der Waals surface area contributed by atoms with Gasteiger partial charge in [0.25, 0.3) is 0 Å². The molecule has 1 atom stereocenters. The highest BCUT2D eigenvalue weighted by molar-refractivity contribution is 7.99. The summed E-state index contributed by atoms with van der Waals surface area (Å²) in [7, 11) is 1.63. The molecule has 0 aliphatic heterocycles.